The van der Waals surface area contributed by atoms with Crippen LogP contribution in [0.3, 0.4) is 0 Å². The van der Waals surface area contributed by atoms with Crippen LogP contribution in [0.15, 0.2) is 46.0 Å². The van der Waals surface area contributed by atoms with Crippen LogP contribution < -0.4 is 11.1 Å². The molecule has 2 aromatic heterocycles. The van der Waals surface area contributed by atoms with Crippen molar-refractivity contribution in [2.45, 2.75) is 25.9 Å². The lowest BCUT2D eigenvalue weighted by molar-refractivity contribution is 0.0258. The van der Waals surface area contributed by atoms with Crippen molar-refractivity contribution in [1.82, 2.24) is 18.9 Å². The maximum absolute atomic E-state index is 13.0. The molecule has 0 unspecified atom stereocenters. The molecule has 3 rings (SSSR count). The summed E-state index contributed by atoms with van der Waals surface area (Å²) in [5, 5.41) is 0. The van der Waals surface area contributed by atoms with Gasteiger partial charge in [0.15, 0.2) is 0 Å². The minimum Gasteiger partial charge on any atom is -0.331 e. The lowest BCUT2D eigenvalue weighted by atomic mass is 10.1. The van der Waals surface area contributed by atoms with Gasteiger partial charge in [0.1, 0.15) is 11.4 Å². The van der Waals surface area contributed by atoms with Crippen LogP contribution in [0.2, 0.25) is 0 Å². The van der Waals surface area contributed by atoms with Crippen molar-refractivity contribution in [3.63, 3.8) is 0 Å². The van der Waals surface area contributed by atoms with Crippen LogP contribution in [0, 0.1) is 0 Å². The SMILES string of the molecule is C[C@@H]1CN(C(=O)c2cccc(=O)n2C)[C@@H](C)CN1C(=O)c1cccc(=O)n1C. The maximum atomic E-state index is 13.0. The van der Waals surface area contributed by atoms with Gasteiger partial charge >= 0.3 is 0 Å². The molecule has 0 aromatic carbocycles. The Bertz CT molecular complexity index is 955. The van der Waals surface area contributed by atoms with Crippen LogP contribution in [-0.2, 0) is 14.1 Å². The van der Waals surface area contributed by atoms with Crippen molar-refractivity contribution in [2.75, 3.05) is 13.1 Å². The zero-order valence-electron chi connectivity index (χ0n) is 16.5. The Kier molecular flexibility index (Phi) is 5.22. The molecule has 3 heterocycles. The molecule has 2 amide bonds. The Morgan fingerprint density at radius 2 is 1.11 bits per heavy atom. The summed E-state index contributed by atoms with van der Waals surface area (Å²) in [6, 6.07) is 8.73. The van der Waals surface area contributed by atoms with E-state index in [4.69, 9.17) is 0 Å². The van der Waals surface area contributed by atoms with Gasteiger partial charge in [0.25, 0.3) is 22.9 Å². The number of rotatable bonds is 2. The predicted octanol–water partition coefficient (Wildman–Crippen LogP) is 0.459. The molecular weight excluding hydrogens is 360 g/mol. The molecule has 1 saturated heterocycles. The number of nitrogens with zero attached hydrogens (tertiary/aromatic N) is 4. The third kappa shape index (κ3) is 3.37. The molecule has 8 nitrogen and oxygen atoms in total. The molecule has 0 saturated carbocycles. The summed E-state index contributed by atoms with van der Waals surface area (Å²) in [5.74, 6) is -0.475. The Morgan fingerprint density at radius 3 is 1.46 bits per heavy atom. The normalized spacial score (nSPS) is 19.6. The first-order valence-corrected chi connectivity index (χ1v) is 9.16. The van der Waals surface area contributed by atoms with Crippen molar-refractivity contribution >= 4 is 11.8 Å². The molecule has 2 aromatic rings. The van der Waals surface area contributed by atoms with Crippen LogP contribution in [0.25, 0.3) is 0 Å². The molecule has 0 aliphatic carbocycles. The third-order valence-corrected chi connectivity index (χ3v) is 5.32. The molecule has 28 heavy (non-hydrogen) atoms. The van der Waals surface area contributed by atoms with Crippen molar-refractivity contribution in [2.24, 2.45) is 14.1 Å². The summed E-state index contributed by atoms with van der Waals surface area (Å²) < 4.78 is 2.66. The zero-order chi connectivity index (χ0) is 20.6. The van der Waals surface area contributed by atoms with Crippen LogP contribution in [0.4, 0.5) is 0 Å². The zero-order valence-corrected chi connectivity index (χ0v) is 16.5. The van der Waals surface area contributed by atoms with Crippen molar-refractivity contribution in [3.8, 4) is 0 Å². The molecule has 0 spiro atoms. The number of carbonyl (C=O) groups excluding carboxylic acids is 2. The molecule has 0 bridgehead atoms. The van der Waals surface area contributed by atoms with E-state index in [1.165, 1.54) is 21.3 Å². The molecular formula is C20H24N4O4. The van der Waals surface area contributed by atoms with Gasteiger partial charge in [-0.2, -0.15) is 0 Å². The lowest BCUT2D eigenvalue weighted by Gasteiger charge is -2.44. The second-order valence-corrected chi connectivity index (χ2v) is 7.23. The maximum Gasteiger partial charge on any atom is 0.270 e. The molecule has 0 N–H and O–H groups in total. The van der Waals surface area contributed by atoms with Crippen molar-refractivity contribution in [1.29, 1.82) is 0 Å². The van der Waals surface area contributed by atoms with E-state index in [-0.39, 0.29) is 35.0 Å². The average Bonchev–Trinajstić information content (AvgIpc) is 2.66. The fraction of sp³-hybridized carbons (Fsp3) is 0.400. The molecule has 1 aliphatic rings. The number of carbonyl (C=O) groups is 2. The highest BCUT2D eigenvalue weighted by molar-refractivity contribution is 5.94. The quantitative estimate of drug-likeness (QED) is 0.753. The van der Waals surface area contributed by atoms with E-state index in [1.807, 2.05) is 13.8 Å². The largest absolute Gasteiger partial charge is 0.331 e. The molecule has 148 valence electrons. The first-order chi connectivity index (χ1) is 13.2. The highest BCUT2D eigenvalue weighted by atomic mass is 16.2. The molecule has 2 atom stereocenters. The van der Waals surface area contributed by atoms with E-state index in [0.717, 1.165) is 0 Å². The van der Waals surface area contributed by atoms with Crippen LogP contribution >= 0.6 is 0 Å². The highest BCUT2D eigenvalue weighted by Gasteiger charge is 2.36. The van der Waals surface area contributed by atoms with Gasteiger partial charge in [-0.15, -0.1) is 0 Å². The Hall–Kier alpha value is -3.16. The van der Waals surface area contributed by atoms with Gasteiger partial charge in [0, 0.05) is 51.4 Å². The molecule has 1 fully saturated rings. The Balaban J connectivity index is 1.84. The third-order valence-electron chi connectivity index (χ3n) is 5.32. The van der Waals surface area contributed by atoms with E-state index < -0.39 is 0 Å². The molecule has 1 aliphatic heterocycles. The van der Waals surface area contributed by atoms with Gasteiger partial charge in [-0.25, -0.2) is 0 Å². The summed E-state index contributed by atoms with van der Waals surface area (Å²) >= 11 is 0. The monoisotopic (exact) mass is 384 g/mol. The minimum absolute atomic E-state index is 0.233. The van der Waals surface area contributed by atoms with Crippen LogP contribution in [-0.4, -0.2) is 55.9 Å². The Morgan fingerprint density at radius 1 is 0.750 bits per heavy atom. The molecule has 0 radical (unpaired) electrons. The standard InChI is InChI=1S/C20H24N4O4/c1-13-11-24(20(28)16-8-6-10-18(26)22(16)4)14(2)12-23(13)19(27)15-7-5-9-17(25)21(15)3/h5-10,13-14H,11-12H2,1-4H3/t13-,14+. The number of aromatic nitrogens is 2. The first kappa shape index (κ1) is 19.6. The van der Waals surface area contributed by atoms with Gasteiger partial charge in [-0.3, -0.25) is 19.2 Å². The minimum atomic E-state index is -0.245. The number of piperazine rings is 1. The highest BCUT2D eigenvalue weighted by Crippen LogP contribution is 2.19. The fourth-order valence-corrected chi connectivity index (χ4v) is 3.54. The second-order valence-electron chi connectivity index (χ2n) is 7.23. The summed E-state index contributed by atoms with van der Waals surface area (Å²) in [4.78, 5) is 53.0. The van der Waals surface area contributed by atoms with Gasteiger partial charge in [-0.1, -0.05) is 12.1 Å². The summed E-state index contributed by atoms with van der Waals surface area (Å²) in [6.07, 6.45) is 0. The number of amides is 2. The van der Waals surface area contributed by atoms with E-state index >= 15 is 0 Å². The van der Waals surface area contributed by atoms with Gasteiger partial charge in [0.05, 0.1) is 0 Å². The second kappa shape index (κ2) is 7.46. The van der Waals surface area contributed by atoms with Crippen LogP contribution in [0.1, 0.15) is 34.8 Å². The summed E-state index contributed by atoms with van der Waals surface area (Å²) in [5.41, 5.74) is 0.143. The van der Waals surface area contributed by atoms with Crippen molar-refractivity contribution in [3.05, 3.63) is 68.5 Å². The van der Waals surface area contributed by atoms with Gasteiger partial charge in [0.2, 0.25) is 0 Å². The fourth-order valence-electron chi connectivity index (χ4n) is 3.54. The summed E-state index contributed by atoms with van der Waals surface area (Å²) in [6.45, 7) is 4.43. The number of hydrogen-bond acceptors (Lipinski definition) is 4. The lowest BCUT2D eigenvalue weighted by Crippen LogP contribution is -2.60. The van der Waals surface area contributed by atoms with E-state index in [0.29, 0.717) is 24.5 Å². The van der Waals surface area contributed by atoms with E-state index in [9.17, 15) is 19.2 Å². The van der Waals surface area contributed by atoms with Gasteiger partial charge < -0.3 is 18.9 Å². The van der Waals surface area contributed by atoms with Crippen LogP contribution in [0.5, 0.6) is 0 Å². The predicted molar refractivity (Wildman–Crippen MR) is 104 cm³/mol. The number of hydrogen-bond donors (Lipinski definition) is 0. The number of pyridine rings is 2. The van der Waals surface area contributed by atoms with Crippen molar-refractivity contribution < 1.29 is 9.59 Å². The molecule has 8 heteroatoms. The summed E-state index contributed by atoms with van der Waals surface area (Å²) in [7, 11) is 3.14. The average molecular weight is 384 g/mol. The Labute approximate surface area is 162 Å². The smallest absolute Gasteiger partial charge is 0.270 e. The van der Waals surface area contributed by atoms with Gasteiger partial charge in [-0.05, 0) is 26.0 Å². The first-order valence-electron chi connectivity index (χ1n) is 9.16. The van der Waals surface area contributed by atoms with E-state index in [2.05, 4.69) is 0 Å². The topological polar surface area (TPSA) is 84.6 Å². The van der Waals surface area contributed by atoms with E-state index in [1.54, 1.807) is 48.2 Å².